The third kappa shape index (κ3) is 1.38. The van der Waals surface area contributed by atoms with Crippen molar-refractivity contribution >= 4 is 5.82 Å². The maximum Gasteiger partial charge on any atom is 0.131 e. The summed E-state index contributed by atoms with van der Waals surface area (Å²) in [4.78, 5) is 6.35. The average molecular weight is 192 g/mol. The molecule has 2 rings (SSSR count). The molecule has 3 heteroatoms. The van der Waals surface area contributed by atoms with Gasteiger partial charge in [-0.15, -0.1) is 0 Å². The van der Waals surface area contributed by atoms with Crippen molar-refractivity contribution < 1.29 is 5.11 Å². The number of rotatable bonds is 3. The van der Waals surface area contributed by atoms with Crippen LogP contribution in [0.3, 0.4) is 0 Å². The van der Waals surface area contributed by atoms with Gasteiger partial charge in [-0.2, -0.15) is 0 Å². The molecule has 0 saturated heterocycles. The SMILES string of the molecule is CN(C)c1ncccc1C1(CO)CC1. The molecule has 1 N–H and O–H groups in total. The van der Waals surface area contributed by atoms with E-state index in [0.29, 0.717) is 0 Å². The predicted molar refractivity (Wildman–Crippen MR) is 56.6 cm³/mol. The first-order chi connectivity index (χ1) is 6.69. The van der Waals surface area contributed by atoms with Crippen molar-refractivity contribution in [3.8, 4) is 0 Å². The van der Waals surface area contributed by atoms with Crippen LogP contribution in [-0.2, 0) is 5.41 Å². The Kier molecular flexibility index (Phi) is 2.19. The number of aliphatic hydroxyl groups is 1. The van der Waals surface area contributed by atoms with E-state index < -0.39 is 0 Å². The molecule has 1 heterocycles. The van der Waals surface area contributed by atoms with Crippen molar-refractivity contribution in [1.29, 1.82) is 0 Å². The molecule has 0 bridgehead atoms. The number of anilines is 1. The van der Waals surface area contributed by atoms with Gasteiger partial charge in [0.15, 0.2) is 0 Å². The molecule has 0 aliphatic heterocycles. The normalized spacial score (nSPS) is 17.9. The van der Waals surface area contributed by atoms with Crippen molar-refractivity contribution in [1.82, 2.24) is 4.98 Å². The van der Waals surface area contributed by atoms with E-state index in [9.17, 15) is 5.11 Å². The first kappa shape index (κ1) is 9.46. The standard InChI is InChI=1S/C11H16N2O/c1-13(2)10-9(4-3-7-12-10)11(8-14)5-6-11/h3-4,7,14H,5-6,8H2,1-2H3. The number of hydrogen-bond acceptors (Lipinski definition) is 3. The Morgan fingerprint density at radius 2 is 2.21 bits per heavy atom. The minimum atomic E-state index is 0.00780. The lowest BCUT2D eigenvalue weighted by molar-refractivity contribution is 0.255. The Morgan fingerprint density at radius 3 is 2.71 bits per heavy atom. The van der Waals surface area contributed by atoms with Gasteiger partial charge in [-0.05, 0) is 18.9 Å². The quantitative estimate of drug-likeness (QED) is 0.781. The molecule has 76 valence electrons. The summed E-state index contributed by atoms with van der Waals surface area (Å²) < 4.78 is 0. The molecule has 1 saturated carbocycles. The highest BCUT2D eigenvalue weighted by atomic mass is 16.3. The fourth-order valence-electron chi connectivity index (χ4n) is 1.83. The highest BCUT2D eigenvalue weighted by Crippen LogP contribution is 2.49. The van der Waals surface area contributed by atoms with Gasteiger partial charge in [-0.1, -0.05) is 6.07 Å². The van der Waals surface area contributed by atoms with Crippen LogP contribution in [0, 0.1) is 0 Å². The third-order valence-corrected chi connectivity index (χ3v) is 2.94. The first-order valence-electron chi connectivity index (χ1n) is 4.93. The van der Waals surface area contributed by atoms with E-state index in [2.05, 4.69) is 11.1 Å². The number of aromatic nitrogens is 1. The van der Waals surface area contributed by atoms with E-state index in [4.69, 9.17) is 0 Å². The summed E-state index contributed by atoms with van der Waals surface area (Å²) in [6.45, 7) is 0.236. The molecule has 0 unspecified atom stereocenters. The lowest BCUT2D eigenvalue weighted by Gasteiger charge is -2.20. The molecular formula is C11H16N2O. The zero-order valence-corrected chi connectivity index (χ0v) is 8.70. The van der Waals surface area contributed by atoms with Gasteiger partial charge in [0, 0.05) is 31.3 Å². The van der Waals surface area contributed by atoms with Crippen molar-refractivity contribution in [2.24, 2.45) is 0 Å². The molecule has 0 radical (unpaired) electrons. The molecule has 0 atom stereocenters. The maximum absolute atomic E-state index is 9.37. The van der Waals surface area contributed by atoms with Crippen LogP contribution >= 0.6 is 0 Å². The largest absolute Gasteiger partial charge is 0.395 e. The van der Waals surface area contributed by atoms with E-state index in [-0.39, 0.29) is 12.0 Å². The van der Waals surface area contributed by atoms with Crippen LogP contribution in [0.15, 0.2) is 18.3 Å². The Bertz CT molecular complexity index is 332. The van der Waals surface area contributed by atoms with Gasteiger partial charge in [0.25, 0.3) is 0 Å². The summed E-state index contributed by atoms with van der Waals surface area (Å²) in [6, 6.07) is 4.02. The van der Waals surface area contributed by atoms with Gasteiger partial charge in [0.2, 0.25) is 0 Å². The summed E-state index contributed by atoms with van der Waals surface area (Å²) >= 11 is 0. The number of hydrogen-bond donors (Lipinski definition) is 1. The summed E-state index contributed by atoms with van der Waals surface area (Å²) in [7, 11) is 3.97. The molecule has 3 nitrogen and oxygen atoms in total. The van der Waals surface area contributed by atoms with E-state index in [1.807, 2.05) is 25.1 Å². The molecule has 1 aromatic rings. The average Bonchev–Trinajstić information content (AvgIpc) is 2.98. The molecule has 1 aliphatic carbocycles. The van der Waals surface area contributed by atoms with Gasteiger partial charge < -0.3 is 10.0 Å². The highest BCUT2D eigenvalue weighted by molar-refractivity contribution is 5.52. The molecule has 0 spiro atoms. The van der Waals surface area contributed by atoms with Crippen molar-refractivity contribution in [2.75, 3.05) is 25.6 Å². The molecule has 14 heavy (non-hydrogen) atoms. The number of pyridine rings is 1. The second kappa shape index (κ2) is 3.24. The summed E-state index contributed by atoms with van der Waals surface area (Å²) in [5.74, 6) is 0.985. The van der Waals surface area contributed by atoms with E-state index >= 15 is 0 Å². The number of aliphatic hydroxyl groups excluding tert-OH is 1. The summed E-state index contributed by atoms with van der Waals surface area (Å²) in [5.41, 5.74) is 1.20. The Labute approximate surface area is 84.4 Å². The summed E-state index contributed by atoms with van der Waals surface area (Å²) in [6.07, 6.45) is 3.96. The fraction of sp³-hybridized carbons (Fsp3) is 0.545. The van der Waals surface area contributed by atoms with Crippen LogP contribution in [0.25, 0.3) is 0 Å². The van der Waals surface area contributed by atoms with E-state index in [1.54, 1.807) is 6.20 Å². The second-order valence-electron chi connectivity index (χ2n) is 4.21. The van der Waals surface area contributed by atoms with Crippen LogP contribution in [0.2, 0.25) is 0 Å². The highest BCUT2D eigenvalue weighted by Gasteiger charge is 2.45. The maximum atomic E-state index is 9.37. The molecular weight excluding hydrogens is 176 g/mol. The molecule has 0 aromatic carbocycles. The minimum Gasteiger partial charge on any atom is -0.395 e. The van der Waals surface area contributed by atoms with Gasteiger partial charge in [-0.25, -0.2) is 4.98 Å². The molecule has 1 aromatic heterocycles. The Hall–Kier alpha value is -1.09. The van der Waals surface area contributed by atoms with Crippen LogP contribution in [-0.4, -0.2) is 30.8 Å². The van der Waals surface area contributed by atoms with Crippen molar-refractivity contribution in [3.05, 3.63) is 23.9 Å². The van der Waals surface area contributed by atoms with Gasteiger partial charge in [0.1, 0.15) is 5.82 Å². The van der Waals surface area contributed by atoms with Crippen molar-refractivity contribution in [3.63, 3.8) is 0 Å². The zero-order valence-electron chi connectivity index (χ0n) is 8.70. The zero-order chi connectivity index (χ0) is 10.2. The van der Waals surface area contributed by atoms with Crippen LogP contribution in [0.1, 0.15) is 18.4 Å². The van der Waals surface area contributed by atoms with E-state index in [0.717, 1.165) is 18.7 Å². The minimum absolute atomic E-state index is 0.00780. The fourth-order valence-corrected chi connectivity index (χ4v) is 1.83. The van der Waals surface area contributed by atoms with E-state index in [1.165, 1.54) is 5.56 Å². The molecule has 1 fully saturated rings. The van der Waals surface area contributed by atoms with Crippen LogP contribution in [0.4, 0.5) is 5.82 Å². The Morgan fingerprint density at radius 1 is 1.50 bits per heavy atom. The van der Waals surface area contributed by atoms with Gasteiger partial charge >= 0.3 is 0 Å². The number of nitrogens with zero attached hydrogens (tertiary/aromatic N) is 2. The topological polar surface area (TPSA) is 36.4 Å². The third-order valence-electron chi connectivity index (χ3n) is 2.94. The van der Waals surface area contributed by atoms with Crippen LogP contribution in [0.5, 0.6) is 0 Å². The second-order valence-corrected chi connectivity index (χ2v) is 4.21. The van der Waals surface area contributed by atoms with Gasteiger partial charge in [-0.3, -0.25) is 0 Å². The van der Waals surface area contributed by atoms with Gasteiger partial charge in [0.05, 0.1) is 6.61 Å². The lowest BCUT2D eigenvalue weighted by Crippen LogP contribution is -2.20. The van der Waals surface area contributed by atoms with Crippen LogP contribution < -0.4 is 4.90 Å². The first-order valence-corrected chi connectivity index (χ1v) is 4.93. The smallest absolute Gasteiger partial charge is 0.131 e. The molecule has 1 aliphatic rings. The molecule has 0 amide bonds. The lowest BCUT2D eigenvalue weighted by atomic mass is 9.97. The Balaban J connectivity index is 2.42. The van der Waals surface area contributed by atoms with Crippen molar-refractivity contribution in [2.45, 2.75) is 18.3 Å². The predicted octanol–water partition coefficient (Wildman–Crippen LogP) is 1.17. The monoisotopic (exact) mass is 192 g/mol. The summed E-state index contributed by atoms with van der Waals surface area (Å²) in [5, 5.41) is 9.37.